The predicted octanol–water partition coefficient (Wildman–Crippen LogP) is 2.11. The smallest absolute Gasteiger partial charge is 0.415 e. The van der Waals surface area contributed by atoms with Crippen LogP contribution in [0.3, 0.4) is 0 Å². The number of aromatic nitrogens is 1. The summed E-state index contributed by atoms with van der Waals surface area (Å²) in [7, 11) is -3.10. The van der Waals surface area contributed by atoms with Crippen LogP contribution in [0.4, 0.5) is 10.5 Å². The van der Waals surface area contributed by atoms with Crippen LogP contribution in [0.5, 0.6) is 5.75 Å². The summed E-state index contributed by atoms with van der Waals surface area (Å²) in [5, 5.41) is 8.84. The lowest BCUT2D eigenvalue weighted by atomic mass is 10.0. The number of amides is 1. The zero-order valence-corrected chi connectivity index (χ0v) is 14.9. The highest BCUT2D eigenvalue weighted by Gasteiger charge is 2.46. The van der Waals surface area contributed by atoms with E-state index in [0.717, 1.165) is 11.1 Å². The SMILES string of the molecule is N#Cc1ccc(-c2ccc3c(c2)OC[C@H]2[C@H](CO[PH](=O)O)OC(=O)N32)cn1. The molecule has 1 fully saturated rings. The van der Waals surface area contributed by atoms with E-state index < -0.39 is 26.5 Å². The number of ether oxygens (including phenoxy) is 2. The van der Waals surface area contributed by atoms with E-state index >= 15 is 0 Å². The lowest BCUT2D eigenvalue weighted by molar-refractivity contribution is 0.0804. The minimum absolute atomic E-state index is 0.172. The highest BCUT2D eigenvalue weighted by molar-refractivity contribution is 7.32. The topological polar surface area (TPSA) is 122 Å². The zero-order chi connectivity index (χ0) is 19.0. The fourth-order valence-corrected chi connectivity index (χ4v) is 3.44. The summed E-state index contributed by atoms with van der Waals surface area (Å²) in [6, 6.07) is 10.3. The summed E-state index contributed by atoms with van der Waals surface area (Å²) in [5.74, 6) is 0.516. The van der Waals surface area contributed by atoms with Gasteiger partial charge in [0.15, 0.2) is 6.10 Å². The van der Waals surface area contributed by atoms with Crippen molar-refractivity contribution in [2.24, 2.45) is 0 Å². The van der Waals surface area contributed by atoms with Crippen LogP contribution in [-0.4, -0.2) is 41.3 Å². The Morgan fingerprint density at radius 1 is 1.37 bits per heavy atom. The molecule has 1 saturated heterocycles. The normalized spacial score (nSPS) is 21.5. The first-order valence-electron chi connectivity index (χ1n) is 8.06. The van der Waals surface area contributed by atoms with E-state index in [2.05, 4.69) is 4.98 Å². The van der Waals surface area contributed by atoms with E-state index in [1.807, 2.05) is 12.1 Å². The average Bonchev–Trinajstić information content (AvgIpc) is 3.02. The van der Waals surface area contributed by atoms with Crippen molar-refractivity contribution in [3.8, 4) is 22.9 Å². The number of pyridine rings is 1. The molecule has 138 valence electrons. The molecule has 2 aromatic rings. The second-order valence-electron chi connectivity index (χ2n) is 5.97. The first-order chi connectivity index (χ1) is 13.1. The number of hydrogen-bond acceptors (Lipinski definition) is 7. The number of nitriles is 1. The maximum absolute atomic E-state index is 12.3. The Hall–Kier alpha value is -2.92. The number of rotatable bonds is 4. The van der Waals surface area contributed by atoms with Gasteiger partial charge in [-0.2, -0.15) is 5.26 Å². The first kappa shape index (κ1) is 17.5. The van der Waals surface area contributed by atoms with Crippen LogP contribution in [0, 0.1) is 11.3 Å². The Bertz CT molecular complexity index is 958. The molecule has 0 radical (unpaired) electrons. The van der Waals surface area contributed by atoms with Crippen molar-refractivity contribution in [3.63, 3.8) is 0 Å². The number of carbonyl (C=O) groups excluding carboxylic acids is 1. The molecular weight excluding hydrogens is 373 g/mol. The van der Waals surface area contributed by atoms with Crippen molar-refractivity contribution in [2.75, 3.05) is 18.1 Å². The second kappa shape index (κ2) is 7.00. The molecule has 1 aromatic carbocycles. The van der Waals surface area contributed by atoms with Crippen LogP contribution in [0.1, 0.15) is 5.69 Å². The fourth-order valence-electron chi connectivity index (χ4n) is 3.14. The largest absolute Gasteiger partial charge is 0.489 e. The van der Waals surface area contributed by atoms with Crippen molar-refractivity contribution in [1.82, 2.24) is 4.98 Å². The highest BCUT2D eigenvalue weighted by Crippen LogP contribution is 2.41. The molecule has 4 rings (SSSR count). The van der Waals surface area contributed by atoms with Crippen molar-refractivity contribution in [1.29, 1.82) is 5.26 Å². The molecule has 1 unspecified atom stereocenters. The van der Waals surface area contributed by atoms with Crippen LogP contribution in [0.2, 0.25) is 0 Å². The summed E-state index contributed by atoms with van der Waals surface area (Å²) in [5.41, 5.74) is 2.52. The van der Waals surface area contributed by atoms with Gasteiger partial charge in [-0.25, -0.2) is 9.78 Å². The lowest BCUT2D eigenvalue weighted by Crippen LogP contribution is -2.45. The average molecular weight is 387 g/mol. The van der Waals surface area contributed by atoms with E-state index in [1.165, 1.54) is 4.90 Å². The van der Waals surface area contributed by atoms with Crippen LogP contribution in [-0.2, 0) is 13.8 Å². The minimum atomic E-state index is -3.10. The van der Waals surface area contributed by atoms with Crippen LogP contribution in [0.25, 0.3) is 11.1 Å². The highest BCUT2D eigenvalue weighted by atomic mass is 31.1. The fraction of sp³-hybridized carbons (Fsp3) is 0.235. The monoisotopic (exact) mass is 387 g/mol. The Labute approximate surface area is 154 Å². The van der Waals surface area contributed by atoms with Crippen LogP contribution < -0.4 is 9.64 Å². The van der Waals surface area contributed by atoms with Gasteiger partial charge in [-0.05, 0) is 29.8 Å². The van der Waals surface area contributed by atoms with Crippen molar-refractivity contribution < 1.29 is 28.3 Å². The quantitative estimate of drug-likeness (QED) is 0.792. The number of hydrogen-bond donors (Lipinski definition) is 1. The molecule has 0 bridgehead atoms. The lowest BCUT2D eigenvalue weighted by Gasteiger charge is -2.31. The van der Waals surface area contributed by atoms with Crippen LogP contribution >= 0.6 is 8.25 Å². The third kappa shape index (κ3) is 3.26. The van der Waals surface area contributed by atoms with Gasteiger partial charge in [0.1, 0.15) is 30.2 Å². The molecule has 3 atom stereocenters. The molecule has 0 saturated carbocycles. The first-order valence-corrected chi connectivity index (χ1v) is 9.32. The standard InChI is InChI=1S/C17H14N3O6P/c18-6-12-3-1-11(7-19-12)10-2-4-13-15(5-10)24-8-14-16(9-25-27(22)23)26-17(21)20(13)14/h1-5,7,14,16,27H,8-9H2,(H,22,23)/t14-,16-/m0/s1. The van der Waals surface area contributed by atoms with E-state index in [0.29, 0.717) is 17.1 Å². The van der Waals surface area contributed by atoms with Gasteiger partial charge in [0.2, 0.25) is 0 Å². The summed E-state index contributed by atoms with van der Waals surface area (Å²) in [4.78, 5) is 26.6. The van der Waals surface area contributed by atoms with E-state index in [4.69, 9.17) is 24.2 Å². The van der Waals surface area contributed by atoms with Gasteiger partial charge < -0.3 is 18.9 Å². The van der Waals surface area contributed by atoms with Gasteiger partial charge in [0.05, 0.1) is 12.3 Å². The molecule has 2 aliphatic rings. The second-order valence-corrected chi connectivity index (χ2v) is 6.79. The van der Waals surface area contributed by atoms with Gasteiger partial charge >= 0.3 is 14.3 Å². The van der Waals surface area contributed by atoms with E-state index in [-0.39, 0.29) is 13.2 Å². The molecule has 3 heterocycles. The Morgan fingerprint density at radius 3 is 2.89 bits per heavy atom. The number of cyclic esters (lactones) is 1. The van der Waals surface area contributed by atoms with Gasteiger partial charge in [0.25, 0.3) is 0 Å². The van der Waals surface area contributed by atoms with Crippen LogP contribution in [0.15, 0.2) is 36.5 Å². The van der Waals surface area contributed by atoms with Gasteiger partial charge in [0, 0.05) is 11.8 Å². The molecule has 1 amide bonds. The maximum Gasteiger partial charge on any atom is 0.415 e. The predicted molar refractivity (Wildman–Crippen MR) is 93.6 cm³/mol. The molecule has 0 spiro atoms. The number of anilines is 1. The molecule has 27 heavy (non-hydrogen) atoms. The van der Waals surface area contributed by atoms with Crippen molar-refractivity contribution in [3.05, 3.63) is 42.2 Å². The summed E-state index contributed by atoms with van der Waals surface area (Å²) in [6.07, 6.45) is 0.359. The van der Waals surface area contributed by atoms with Crippen molar-refractivity contribution >= 4 is 20.0 Å². The molecule has 10 heteroatoms. The molecule has 1 N–H and O–H groups in total. The van der Waals surface area contributed by atoms with Crippen molar-refractivity contribution in [2.45, 2.75) is 12.1 Å². The Morgan fingerprint density at radius 2 is 2.19 bits per heavy atom. The molecule has 9 nitrogen and oxygen atoms in total. The summed E-state index contributed by atoms with van der Waals surface area (Å²) >= 11 is 0. The summed E-state index contributed by atoms with van der Waals surface area (Å²) in [6.45, 7) is 0.00307. The van der Waals surface area contributed by atoms with Gasteiger partial charge in [-0.3, -0.25) is 9.46 Å². The minimum Gasteiger partial charge on any atom is -0.489 e. The van der Waals surface area contributed by atoms with Gasteiger partial charge in [-0.1, -0.05) is 6.07 Å². The van der Waals surface area contributed by atoms with E-state index in [9.17, 15) is 9.36 Å². The number of fused-ring (bicyclic) bond motifs is 3. The molecular formula is C17H14N3O6P. The Balaban J connectivity index is 1.60. The number of nitrogens with zero attached hydrogens (tertiary/aromatic N) is 3. The number of carbonyl (C=O) groups is 1. The molecule has 2 aliphatic heterocycles. The third-order valence-electron chi connectivity index (χ3n) is 4.42. The summed E-state index contributed by atoms with van der Waals surface area (Å²) < 4.78 is 26.5. The molecule has 1 aromatic heterocycles. The molecule has 0 aliphatic carbocycles. The maximum atomic E-state index is 12.3. The van der Waals surface area contributed by atoms with Gasteiger partial charge in [-0.15, -0.1) is 0 Å². The third-order valence-corrected chi connectivity index (χ3v) is 4.83. The van der Waals surface area contributed by atoms with E-state index in [1.54, 1.807) is 30.5 Å². The number of benzene rings is 1. The Kier molecular flexibility index (Phi) is 4.54. The zero-order valence-electron chi connectivity index (χ0n) is 13.9.